The molecule has 1 atom stereocenters. The minimum atomic E-state index is -3.71. The van der Waals surface area contributed by atoms with Gasteiger partial charge in [-0.1, -0.05) is 29.8 Å². The third kappa shape index (κ3) is 4.77. The number of piperazine rings is 1. The first-order chi connectivity index (χ1) is 14.4. The molecule has 166 valence electrons. The van der Waals surface area contributed by atoms with E-state index in [4.69, 9.17) is 0 Å². The highest BCUT2D eigenvalue weighted by Crippen LogP contribution is 2.33. The number of sulfonamides is 1. The van der Waals surface area contributed by atoms with Gasteiger partial charge < -0.3 is 5.32 Å². The molecule has 9 heteroatoms. The van der Waals surface area contributed by atoms with Crippen LogP contribution < -0.4 is 10.2 Å². The predicted octanol–water partition coefficient (Wildman–Crippen LogP) is 2.13. The van der Waals surface area contributed by atoms with Gasteiger partial charge in [-0.25, -0.2) is 12.8 Å². The van der Waals surface area contributed by atoms with Gasteiger partial charge in [-0.15, -0.1) is 0 Å². The Bertz CT molecular complexity index is 1120. The molecule has 1 heterocycles. The molecule has 1 N–H and O–H groups in total. The largest absolute Gasteiger partial charge is 0.350 e. The maximum atomic E-state index is 13.6. The van der Waals surface area contributed by atoms with E-state index in [0.717, 1.165) is 21.7 Å². The summed E-state index contributed by atoms with van der Waals surface area (Å²) in [6.45, 7) is 4.73. The highest BCUT2D eigenvalue weighted by Gasteiger charge is 2.50. The molecular weight excluding hydrogens is 421 g/mol. The summed E-state index contributed by atoms with van der Waals surface area (Å²) in [5, 5.41) is 2.82. The van der Waals surface area contributed by atoms with Gasteiger partial charge in [0.25, 0.3) is 0 Å². The van der Waals surface area contributed by atoms with Crippen molar-refractivity contribution in [1.82, 2.24) is 9.62 Å². The highest BCUT2D eigenvalue weighted by molar-refractivity contribution is 7.88. The Morgan fingerprint density at radius 2 is 1.81 bits per heavy atom. The lowest BCUT2D eigenvalue weighted by molar-refractivity contribution is -0.133. The van der Waals surface area contributed by atoms with Crippen LogP contribution in [-0.2, 0) is 26.2 Å². The second-order valence-electron chi connectivity index (χ2n) is 8.13. The molecule has 1 fully saturated rings. The van der Waals surface area contributed by atoms with E-state index >= 15 is 0 Å². The van der Waals surface area contributed by atoms with E-state index in [0.29, 0.717) is 11.3 Å². The number of hydrogen-bond donors (Lipinski definition) is 1. The first-order valence-electron chi connectivity index (χ1n) is 9.80. The zero-order valence-electron chi connectivity index (χ0n) is 18.0. The summed E-state index contributed by atoms with van der Waals surface area (Å²) in [5.41, 5.74) is 1.27. The Balaban J connectivity index is 1.98. The van der Waals surface area contributed by atoms with Crippen molar-refractivity contribution in [3.05, 3.63) is 65.0 Å². The van der Waals surface area contributed by atoms with Crippen LogP contribution in [0.25, 0.3) is 0 Å². The molecule has 0 spiro atoms. The van der Waals surface area contributed by atoms with Crippen molar-refractivity contribution in [1.29, 1.82) is 0 Å². The van der Waals surface area contributed by atoms with E-state index in [1.54, 1.807) is 6.92 Å². The van der Waals surface area contributed by atoms with Gasteiger partial charge in [-0.3, -0.25) is 14.5 Å². The number of anilines is 1. The number of carbonyl (C=O) groups excluding carboxylic acids is 2. The van der Waals surface area contributed by atoms with Gasteiger partial charge in [0.05, 0.1) is 12.8 Å². The molecule has 1 aliphatic heterocycles. The molecule has 2 aromatic rings. The SMILES string of the molecule is Cc1ccc(CNC(=O)[C@@]2(C)CN(S(C)(=O)=O)CC(=O)N2c2ccc(F)cc2C)cc1. The van der Waals surface area contributed by atoms with Crippen LogP contribution in [0.1, 0.15) is 23.6 Å². The van der Waals surface area contributed by atoms with Crippen LogP contribution in [0, 0.1) is 19.7 Å². The molecule has 31 heavy (non-hydrogen) atoms. The Labute approximate surface area is 181 Å². The topological polar surface area (TPSA) is 86.8 Å². The molecule has 0 aromatic heterocycles. The first-order valence-corrected chi connectivity index (χ1v) is 11.6. The summed E-state index contributed by atoms with van der Waals surface area (Å²) in [5.74, 6) is -1.52. The summed E-state index contributed by atoms with van der Waals surface area (Å²) in [7, 11) is -3.71. The summed E-state index contributed by atoms with van der Waals surface area (Å²) in [6, 6.07) is 11.5. The van der Waals surface area contributed by atoms with Crippen LogP contribution in [-0.4, -0.2) is 49.4 Å². The second kappa shape index (κ2) is 8.39. The average Bonchev–Trinajstić information content (AvgIpc) is 2.67. The van der Waals surface area contributed by atoms with Gasteiger partial charge in [0.15, 0.2) is 0 Å². The zero-order valence-corrected chi connectivity index (χ0v) is 18.8. The van der Waals surface area contributed by atoms with Crippen molar-refractivity contribution < 1.29 is 22.4 Å². The maximum Gasteiger partial charge on any atom is 0.247 e. The molecular formula is C22H26FN3O4S. The van der Waals surface area contributed by atoms with Gasteiger partial charge in [-0.05, 0) is 50.1 Å². The minimum Gasteiger partial charge on any atom is -0.350 e. The average molecular weight is 448 g/mol. The molecule has 0 bridgehead atoms. The number of carbonyl (C=O) groups is 2. The third-order valence-corrected chi connectivity index (χ3v) is 6.67. The van der Waals surface area contributed by atoms with Crippen LogP contribution in [0.15, 0.2) is 42.5 Å². The highest BCUT2D eigenvalue weighted by atomic mass is 32.2. The number of benzene rings is 2. The van der Waals surface area contributed by atoms with Crippen LogP contribution in [0.4, 0.5) is 10.1 Å². The van der Waals surface area contributed by atoms with Crippen molar-refractivity contribution in [3.63, 3.8) is 0 Å². The van der Waals surface area contributed by atoms with Gasteiger partial charge in [0.2, 0.25) is 21.8 Å². The van der Waals surface area contributed by atoms with Crippen molar-refractivity contribution in [3.8, 4) is 0 Å². The van der Waals surface area contributed by atoms with Crippen LogP contribution in [0.2, 0.25) is 0 Å². The van der Waals surface area contributed by atoms with Crippen LogP contribution >= 0.6 is 0 Å². The number of aryl methyl sites for hydroxylation is 2. The molecule has 0 radical (unpaired) electrons. The third-order valence-electron chi connectivity index (χ3n) is 5.47. The van der Waals surface area contributed by atoms with E-state index in [1.165, 1.54) is 30.0 Å². The normalized spacial score (nSPS) is 20.0. The lowest BCUT2D eigenvalue weighted by Gasteiger charge is -2.46. The van der Waals surface area contributed by atoms with Crippen molar-refractivity contribution in [2.75, 3.05) is 24.2 Å². The summed E-state index contributed by atoms with van der Waals surface area (Å²) >= 11 is 0. The first kappa shape index (κ1) is 22.9. The fraction of sp³-hybridized carbons (Fsp3) is 0.364. The molecule has 3 rings (SSSR count). The Morgan fingerprint density at radius 1 is 1.16 bits per heavy atom. The zero-order chi connectivity index (χ0) is 23.0. The van der Waals surface area contributed by atoms with Crippen molar-refractivity contribution in [2.45, 2.75) is 32.9 Å². The standard InChI is InChI=1S/C22H26FN3O4S/c1-15-5-7-17(8-6-15)12-24-21(28)22(3)14-25(31(4,29)30)13-20(27)26(22)19-10-9-18(23)11-16(19)2/h5-11H,12-14H2,1-4H3,(H,24,28)/t22-/m1/s1. The molecule has 1 aliphatic rings. The molecule has 2 amide bonds. The molecule has 0 unspecified atom stereocenters. The molecule has 0 saturated carbocycles. The van der Waals surface area contributed by atoms with Gasteiger partial charge in [-0.2, -0.15) is 4.31 Å². The summed E-state index contributed by atoms with van der Waals surface area (Å²) < 4.78 is 39.0. The van der Waals surface area contributed by atoms with Crippen LogP contribution in [0.5, 0.6) is 0 Å². The van der Waals surface area contributed by atoms with Gasteiger partial charge in [0, 0.05) is 18.8 Å². The number of rotatable bonds is 5. The van der Waals surface area contributed by atoms with Gasteiger partial charge >= 0.3 is 0 Å². The molecule has 2 aromatic carbocycles. The van der Waals surface area contributed by atoms with Crippen molar-refractivity contribution >= 4 is 27.5 Å². The van der Waals surface area contributed by atoms with E-state index in [9.17, 15) is 22.4 Å². The molecule has 1 saturated heterocycles. The Morgan fingerprint density at radius 3 is 2.39 bits per heavy atom. The number of amides is 2. The molecule has 7 nitrogen and oxygen atoms in total. The Hall–Kier alpha value is -2.78. The van der Waals surface area contributed by atoms with Gasteiger partial charge in [0.1, 0.15) is 11.4 Å². The van der Waals surface area contributed by atoms with E-state index in [1.807, 2.05) is 31.2 Å². The Kier molecular flexibility index (Phi) is 6.20. The van der Waals surface area contributed by atoms with E-state index < -0.39 is 39.7 Å². The fourth-order valence-electron chi connectivity index (χ4n) is 3.72. The summed E-state index contributed by atoms with van der Waals surface area (Å²) in [6.07, 6.45) is 1.00. The number of nitrogens with zero attached hydrogens (tertiary/aromatic N) is 2. The van der Waals surface area contributed by atoms with Crippen molar-refractivity contribution in [2.24, 2.45) is 0 Å². The number of nitrogens with one attached hydrogen (secondary N) is 1. The lowest BCUT2D eigenvalue weighted by Crippen LogP contribution is -2.70. The molecule has 0 aliphatic carbocycles. The van der Waals surface area contributed by atoms with E-state index in [2.05, 4.69) is 5.32 Å². The fourth-order valence-corrected chi connectivity index (χ4v) is 4.55. The lowest BCUT2D eigenvalue weighted by atomic mass is 9.93. The maximum absolute atomic E-state index is 13.6. The smallest absolute Gasteiger partial charge is 0.247 e. The predicted molar refractivity (Wildman–Crippen MR) is 116 cm³/mol. The number of halogens is 1. The monoisotopic (exact) mass is 447 g/mol. The quantitative estimate of drug-likeness (QED) is 0.761. The minimum absolute atomic E-state index is 0.214. The second-order valence-corrected chi connectivity index (χ2v) is 10.1. The number of hydrogen-bond acceptors (Lipinski definition) is 4. The van der Waals surface area contributed by atoms with Crippen LogP contribution in [0.3, 0.4) is 0 Å². The van der Waals surface area contributed by atoms with E-state index in [-0.39, 0.29) is 13.1 Å². The summed E-state index contributed by atoms with van der Waals surface area (Å²) in [4.78, 5) is 27.7.